The van der Waals surface area contributed by atoms with Gasteiger partial charge < -0.3 is 4.90 Å². The Bertz CT molecular complexity index is 1030. The zero-order valence-electron chi connectivity index (χ0n) is 15.8. The Kier molecular flexibility index (Phi) is 5.79. The monoisotopic (exact) mass is 403 g/mol. The highest BCUT2D eigenvalue weighted by Gasteiger charge is 2.20. The third-order valence-electron chi connectivity index (χ3n) is 4.71. The van der Waals surface area contributed by atoms with Crippen molar-refractivity contribution in [2.24, 2.45) is 0 Å². The van der Waals surface area contributed by atoms with Crippen molar-refractivity contribution in [2.75, 3.05) is 7.05 Å². The smallest absolute Gasteiger partial charge is 0.256 e. The fourth-order valence-corrected chi connectivity index (χ4v) is 3.28. The largest absolute Gasteiger partial charge is 0.337 e. The molecule has 0 fully saturated rings. The molecule has 0 bridgehead atoms. The molecule has 1 amide bonds. The van der Waals surface area contributed by atoms with Gasteiger partial charge in [-0.1, -0.05) is 29.8 Å². The Morgan fingerprint density at radius 2 is 1.89 bits per heavy atom. The third-order valence-corrected chi connectivity index (χ3v) is 5.08. The lowest BCUT2D eigenvalue weighted by Crippen LogP contribution is -2.27. The topological polar surface area (TPSA) is 38.1 Å². The highest BCUT2D eigenvalue weighted by molar-refractivity contribution is 6.31. The van der Waals surface area contributed by atoms with Crippen molar-refractivity contribution in [1.29, 1.82) is 0 Å². The highest BCUT2D eigenvalue weighted by Crippen LogP contribution is 2.21. The number of benzene rings is 2. The van der Waals surface area contributed by atoms with Gasteiger partial charge in [-0.25, -0.2) is 8.78 Å². The maximum absolute atomic E-state index is 13.9. The van der Waals surface area contributed by atoms with Crippen LogP contribution in [0.4, 0.5) is 8.78 Å². The summed E-state index contributed by atoms with van der Waals surface area (Å²) < 4.78 is 29.2. The minimum atomic E-state index is -0.749. The third kappa shape index (κ3) is 4.07. The minimum Gasteiger partial charge on any atom is -0.337 e. The first-order valence-corrected chi connectivity index (χ1v) is 9.12. The van der Waals surface area contributed by atoms with Crippen molar-refractivity contribution in [3.05, 3.63) is 87.2 Å². The highest BCUT2D eigenvalue weighted by atomic mass is 35.5. The van der Waals surface area contributed by atoms with Crippen LogP contribution in [-0.2, 0) is 13.1 Å². The molecule has 0 aliphatic rings. The summed E-state index contributed by atoms with van der Waals surface area (Å²) in [7, 11) is 1.55. The van der Waals surface area contributed by atoms with Crippen molar-refractivity contribution < 1.29 is 13.6 Å². The Morgan fingerprint density at radius 3 is 2.61 bits per heavy atom. The Balaban J connectivity index is 1.82. The van der Waals surface area contributed by atoms with Crippen LogP contribution in [0.2, 0.25) is 5.02 Å². The number of aryl methyl sites for hydroxylation is 1. The molecule has 0 aliphatic heterocycles. The summed E-state index contributed by atoms with van der Waals surface area (Å²) in [6.07, 6.45) is 0. The van der Waals surface area contributed by atoms with Crippen LogP contribution in [0.5, 0.6) is 0 Å². The van der Waals surface area contributed by atoms with Gasteiger partial charge in [-0.3, -0.25) is 9.48 Å². The average Bonchev–Trinajstić information content (AvgIpc) is 2.92. The molecular formula is C21H20ClF2N3O. The van der Waals surface area contributed by atoms with Crippen molar-refractivity contribution in [3.8, 4) is 0 Å². The summed E-state index contributed by atoms with van der Waals surface area (Å²) in [6, 6.07) is 10.4. The van der Waals surface area contributed by atoms with Crippen LogP contribution in [0, 0.1) is 25.5 Å². The van der Waals surface area contributed by atoms with Crippen LogP contribution in [0.25, 0.3) is 0 Å². The molecule has 0 aliphatic carbocycles. The summed E-state index contributed by atoms with van der Waals surface area (Å²) in [5.41, 5.74) is 3.16. The number of carbonyl (C=O) groups is 1. The molecule has 1 aromatic heterocycles. The summed E-state index contributed by atoms with van der Waals surface area (Å²) in [6.45, 7) is 4.50. The zero-order valence-corrected chi connectivity index (χ0v) is 16.6. The lowest BCUT2D eigenvalue weighted by atomic mass is 10.1. The summed E-state index contributed by atoms with van der Waals surface area (Å²) in [5.74, 6) is -1.99. The van der Waals surface area contributed by atoms with E-state index in [9.17, 15) is 13.6 Å². The number of halogens is 3. The van der Waals surface area contributed by atoms with Crippen LogP contribution in [0.3, 0.4) is 0 Å². The second-order valence-electron chi connectivity index (χ2n) is 6.68. The molecule has 0 saturated heterocycles. The molecule has 3 aromatic rings. The molecule has 0 N–H and O–H groups in total. The van der Waals surface area contributed by atoms with E-state index in [2.05, 4.69) is 5.10 Å². The van der Waals surface area contributed by atoms with Crippen molar-refractivity contribution in [3.63, 3.8) is 0 Å². The molecule has 0 unspecified atom stereocenters. The van der Waals surface area contributed by atoms with E-state index < -0.39 is 17.5 Å². The van der Waals surface area contributed by atoms with Crippen LogP contribution in [0.15, 0.2) is 42.5 Å². The number of nitrogens with zero attached hydrogens (tertiary/aromatic N) is 3. The van der Waals surface area contributed by atoms with E-state index in [0.29, 0.717) is 11.6 Å². The quantitative estimate of drug-likeness (QED) is 0.616. The molecule has 0 spiro atoms. The van der Waals surface area contributed by atoms with Gasteiger partial charge in [-0.05, 0) is 43.7 Å². The first-order chi connectivity index (χ1) is 13.3. The Morgan fingerprint density at radius 1 is 1.18 bits per heavy atom. The molecule has 0 saturated carbocycles. The molecule has 3 rings (SSSR count). The van der Waals surface area contributed by atoms with E-state index in [-0.39, 0.29) is 12.1 Å². The zero-order chi connectivity index (χ0) is 20.4. The SMILES string of the molecule is Cc1nn(Cc2ccccc2Cl)c(C)c1CN(C)C(=O)c1cc(F)ccc1F. The van der Waals surface area contributed by atoms with Crippen molar-refractivity contribution in [2.45, 2.75) is 26.9 Å². The van der Waals surface area contributed by atoms with Crippen molar-refractivity contribution in [1.82, 2.24) is 14.7 Å². The van der Waals surface area contributed by atoms with E-state index >= 15 is 0 Å². The number of hydrogen-bond donors (Lipinski definition) is 0. The molecule has 146 valence electrons. The van der Waals surface area contributed by atoms with Gasteiger partial charge in [0.05, 0.1) is 17.8 Å². The molecule has 28 heavy (non-hydrogen) atoms. The molecular weight excluding hydrogens is 384 g/mol. The van der Waals surface area contributed by atoms with Gasteiger partial charge in [0.15, 0.2) is 0 Å². The number of carbonyl (C=O) groups excluding carboxylic acids is 1. The predicted molar refractivity (Wildman–Crippen MR) is 104 cm³/mol. The lowest BCUT2D eigenvalue weighted by Gasteiger charge is -2.18. The molecule has 0 atom stereocenters. The predicted octanol–water partition coefficient (Wildman–Crippen LogP) is 4.75. The van der Waals surface area contributed by atoms with Crippen LogP contribution in [0.1, 0.15) is 32.9 Å². The summed E-state index contributed by atoms with van der Waals surface area (Å²) in [5, 5.41) is 5.21. The summed E-state index contributed by atoms with van der Waals surface area (Å²) in [4.78, 5) is 13.9. The van der Waals surface area contributed by atoms with Crippen LogP contribution < -0.4 is 0 Å². The number of aromatic nitrogens is 2. The van der Waals surface area contributed by atoms with E-state index in [1.54, 1.807) is 7.05 Å². The molecule has 2 aromatic carbocycles. The first-order valence-electron chi connectivity index (χ1n) is 8.74. The fraction of sp³-hybridized carbons (Fsp3) is 0.238. The summed E-state index contributed by atoms with van der Waals surface area (Å²) >= 11 is 6.23. The average molecular weight is 404 g/mol. The Hall–Kier alpha value is -2.73. The number of rotatable bonds is 5. The second-order valence-corrected chi connectivity index (χ2v) is 7.09. The minimum absolute atomic E-state index is 0.231. The van der Waals surface area contributed by atoms with Gasteiger partial charge in [-0.15, -0.1) is 0 Å². The van der Waals surface area contributed by atoms with Gasteiger partial charge in [0.1, 0.15) is 11.6 Å². The van der Waals surface area contributed by atoms with Gasteiger partial charge in [-0.2, -0.15) is 5.10 Å². The molecule has 1 heterocycles. The maximum atomic E-state index is 13.9. The lowest BCUT2D eigenvalue weighted by molar-refractivity contribution is 0.0779. The van der Waals surface area contributed by atoms with E-state index in [4.69, 9.17) is 11.6 Å². The number of amides is 1. The number of hydrogen-bond acceptors (Lipinski definition) is 2. The van der Waals surface area contributed by atoms with Crippen LogP contribution >= 0.6 is 11.6 Å². The van der Waals surface area contributed by atoms with Gasteiger partial charge >= 0.3 is 0 Å². The van der Waals surface area contributed by atoms with E-state index in [0.717, 1.165) is 40.7 Å². The van der Waals surface area contributed by atoms with Crippen molar-refractivity contribution >= 4 is 17.5 Å². The van der Waals surface area contributed by atoms with Gasteiger partial charge in [0.2, 0.25) is 0 Å². The Labute approximate surface area is 167 Å². The molecule has 4 nitrogen and oxygen atoms in total. The van der Waals surface area contributed by atoms with E-state index in [1.165, 1.54) is 4.90 Å². The second kappa shape index (κ2) is 8.10. The molecule has 0 radical (unpaired) electrons. The van der Waals surface area contributed by atoms with E-state index in [1.807, 2.05) is 42.8 Å². The maximum Gasteiger partial charge on any atom is 0.256 e. The first kappa shape index (κ1) is 20.0. The van der Waals surface area contributed by atoms with Crippen LogP contribution in [-0.4, -0.2) is 27.6 Å². The standard InChI is InChI=1S/C21H20ClF2N3O/c1-13-18(12-26(3)21(28)17-10-16(23)8-9-20(17)24)14(2)27(25-13)11-15-6-4-5-7-19(15)22/h4-10H,11-12H2,1-3H3. The normalized spacial score (nSPS) is 10.9. The van der Waals surface area contributed by atoms with Gasteiger partial charge in [0, 0.05) is 29.9 Å². The molecule has 7 heteroatoms. The fourth-order valence-electron chi connectivity index (χ4n) is 3.08. The van der Waals surface area contributed by atoms with Gasteiger partial charge in [0.25, 0.3) is 5.91 Å².